The number of rotatable bonds is 3. The Morgan fingerprint density at radius 2 is 2.19 bits per heavy atom. The molecule has 0 saturated carbocycles. The van der Waals surface area contributed by atoms with Crippen LogP contribution in [0, 0.1) is 0 Å². The quantitative estimate of drug-likeness (QED) is 0.870. The monoisotopic (exact) mass is 305 g/mol. The Kier molecular flexibility index (Phi) is 4.27. The van der Waals surface area contributed by atoms with Gasteiger partial charge in [0, 0.05) is 23.4 Å². The predicted octanol–water partition coefficient (Wildman–Crippen LogP) is 3.51. The van der Waals surface area contributed by atoms with Gasteiger partial charge in [0.05, 0.1) is 0 Å². The second-order valence-electron chi connectivity index (χ2n) is 5.87. The summed E-state index contributed by atoms with van der Waals surface area (Å²) in [5.74, 6) is 1.87. The maximum absolute atomic E-state index is 6.17. The summed E-state index contributed by atoms with van der Waals surface area (Å²) in [6.45, 7) is 3.32. The van der Waals surface area contributed by atoms with Crippen molar-refractivity contribution in [2.45, 2.75) is 38.1 Å². The van der Waals surface area contributed by atoms with Gasteiger partial charge in [-0.3, -0.25) is 0 Å². The fraction of sp³-hybridized carbons (Fsp3) is 0.500. The summed E-state index contributed by atoms with van der Waals surface area (Å²) in [6, 6.07) is 8.34. The standard InChI is InChI=1S/C16H20ClN3O/c1-11-9-13(7-8-20(11)2)16-18-15(19-21-16)10-12-5-3-4-6-14(12)17/h3-6,11,13H,7-10H2,1-2H3/t11-,13-/m0/s1. The highest BCUT2D eigenvalue weighted by molar-refractivity contribution is 6.31. The maximum atomic E-state index is 6.17. The van der Waals surface area contributed by atoms with E-state index >= 15 is 0 Å². The molecule has 3 rings (SSSR count). The Labute approximate surface area is 130 Å². The van der Waals surface area contributed by atoms with E-state index < -0.39 is 0 Å². The van der Waals surface area contributed by atoms with Gasteiger partial charge >= 0.3 is 0 Å². The van der Waals surface area contributed by atoms with E-state index in [4.69, 9.17) is 16.1 Å². The van der Waals surface area contributed by atoms with Crippen LogP contribution >= 0.6 is 11.6 Å². The van der Waals surface area contributed by atoms with E-state index in [1.807, 2.05) is 24.3 Å². The Morgan fingerprint density at radius 3 is 2.95 bits per heavy atom. The lowest BCUT2D eigenvalue weighted by atomic mass is 9.92. The van der Waals surface area contributed by atoms with E-state index in [1.54, 1.807) is 0 Å². The van der Waals surface area contributed by atoms with E-state index in [0.29, 0.717) is 24.2 Å². The summed E-state index contributed by atoms with van der Waals surface area (Å²) in [7, 11) is 2.16. The van der Waals surface area contributed by atoms with Gasteiger partial charge in [0.2, 0.25) is 5.89 Å². The van der Waals surface area contributed by atoms with Crippen molar-refractivity contribution in [3.63, 3.8) is 0 Å². The summed E-state index contributed by atoms with van der Waals surface area (Å²) in [5.41, 5.74) is 1.03. The highest BCUT2D eigenvalue weighted by Gasteiger charge is 2.28. The molecular weight excluding hydrogens is 286 g/mol. The molecule has 2 aromatic rings. The van der Waals surface area contributed by atoms with Crippen LogP contribution in [0.25, 0.3) is 0 Å². The van der Waals surface area contributed by atoms with Crippen LogP contribution in [0.15, 0.2) is 28.8 Å². The van der Waals surface area contributed by atoms with Crippen molar-refractivity contribution in [2.75, 3.05) is 13.6 Å². The SMILES string of the molecule is C[C@H]1C[C@@H](c2nc(Cc3ccccc3Cl)no2)CCN1C. The molecule has 0 bridgehead atoms. The molecule has 0 spiro atoms. The van der Waals surface area contributed by atoms with E-state index in [1.165, 1.54) is 0 Å². The van der Waals surface area contributed by atoms with Crippen molar-refractivity contribution in [1.29, 1.82) is 0 Å². The minimum atomic E-state index is 0.378. The predicted molar refractivity (Wildman–Crippen MR) is 82.6 cm³/mol. The third-order valence-corrected chi connectivity index (χ3v) is 4.72. The van der Waals surface area contributed by atoms with Crippen molar-refractivity contribution in [3.05, 3.63) is 46.6 Å². The first-order valence-electron chi connectivity index (χ1n) is 7.39. The third-order valence-electron chi connectivity index (χ3n) is 4.35. The number of likely N-dealkylation sites (tertiary alicyclic amines) is 1. The molecule has 1 aliphatic rings. The average Bonchev–Trinajstić information content (AvgIpc) is 2.93. The molecule has 21 heavy (non-hydrogen) atoms. The maximum Gasteiger partial charge on any atom is 0.229 e. The number of piperidine rings is 1. The largest absolute Gasteiger partial charge is 0.339 e. The number of nitrogens with zero attached hydrogens (tertiary/aromatic N) is 3. The third kappa shape index (κ3) is 3.27. The summed E-state index contributed by atoms with van der Waals surface area (Å²) in [6.07, 6.45) is 2.77. The zero-order chi connectivity index (χ0) is 14.8. The second kappa shape index (κ2) is 6.16. The lowest BCUT2D eigenvalue weighted by molar-refractivity contribution is 0.166. The van der Waals surface area contributed by atoms with Gasteiger partial charge in [0.15, 0.2) is 5.82 Å². The van der Waals surface area contributed by atoms with E-state index in [0.717, 1.165) is 35.9 Å². The number of halogens is 1. The van der Waals surface area contributed by atoms with Crippen LogP contribution in [0.5, 0.6) is 0 Å². The zero-order valence-corrected chi connectivity index (χ0v) is 13.2. The van der Waals surface area contributed by atoms with Gasteiger partial charge in [-0.1, -0.05) is 35.0 Å². The second-order valence-corrected chi connectivity index (χ2v) is 6.28. The van der Waals surface area contributed by atoms with Crippen molar-refractivity contribution in [3.8, 4) is 0 Å². The molecule has 2 atom stereocenters. The smallest absolute Gasteiger partial charge is 0.229 e. The summed E-state index contributed by atoms with van der Waals surface area (Å²) < 4.78 is 5.48. The highest BCUT2D eigenvalue weighted by atomic mass is 35.5. The van der Waals surface area contributed by atoms with Gasteiger partial charge in [-0.15, -0.1) is 0 Å². The van der Waals surface area contributed by atoms with Crippen molar-refractivity contribution >= 4 is 11.6 Å². The van der Waals surface area contributed by atoms with Crippen LogP contribution in [0.3, 0.4) is 0 Å². The lowest BCUT2D eigenvalue weighted by Crippen LogP contribution is -2.37. The fourth-order valence-corrected chi connectivity index (χ4v) is 3.03. The number of benzene rings is 1. The topological polar surface area (TPSA) is 42.2 Å². The first kappa shape index (κ1) is 14.5. The molecule has 0 amide bonds. The molecule has 4 nitrogen and oxygen atoms in total. The molecule has 0 aliphatic carbocycles. The first-order chi connectivity index (χ1) is 10.1. The molecule has 1 saturated heterocycles. The Morgan fingerprint density at radius 1 is 1.38 bits per heavy atom. The van der Waals surface area contributed by atoms with E-state index in [-0.39, 0.29) is 0 Å². The molecule has 5 heteroatoms. The van der Waals surface area contributed by atoms with E-state index in [9.17, 15) is 0 Å². The molecule has 1 fully saturated rings. The average molecular weight is 306 g/mol. The van der Waals surface area contributed by atoms with Gasteiger partial charge in [-0.2, -0.15) is 4.98 Å². The molecular formula is C16H20ClN3O. The minimum absolute atomic E-state index is 0.378. The molecule has 0 radical (unpaired) electrons. The normalized spacial score (nSPS) is 23.4. The van der Waals surface area contributed by atoms with Crippen LogP contribution in [0.1, 0.15) is 43.0 Å². The molecule has 0 N–H and O–H groups in total. The fourth-order valence-electron chi connectivity index (χ4n) is 2.83. The van der Waals surface area contributed by atoms with Gasteiger partial charge in [0.25, 0.3) is 0 Å². The number of hydrogen-bond donors (Lipinski definition) is 0. The first-order valence-corrected chi connectivity index (χ1v) is 7.77. The summed E-state index contributed by atoms with van der Waals surface area (Å²) in [5, 5.41) is 4.86. The lowest BCUT2D eigenvalue weighted by Gasteiger charge is -2.33. The van der Waals surface area contributed by atoms with Crippen molar-refractivity contribution in [1.82, 2.24) is 15.0 Å². The van der Waals surface area contributed by atoms with Gasteiger partial charge in [-0.05, 0) is 45.0 Å². The number of hydrogen-bond acceptors (Lipinski definition) is 4. The van der Waals surface area contributed by atoms with Crippen molar-refractivity contribution in [2.24, 2.45) is 0 Å². The molecule has 112 valence electrons. The van der Waals surface area contributed by atoms with E-state index in [2.05, 4.69) is 29.0 Å². The van der Waals surface area contributed by atoms with Gasteiger partial charge in [0.1, 0.15) is 0 Å². The van der Waals surface area contributed by atoms with Gasteiger partial charge in [-0.25, -0.2) is 0 Å². The van der Waals surface area contributed by atoms with Crippen LogP contribution in [0.2, 0.25) is 5.02 Å². The summed E-state index contributed by atoms with van der Waals surface area (Å²) >= 11 is 6.17. The zero-order valence-electron chi connectivity index (χ0n) is 12.4. The van der Waals surface area contributed by atoms with Gasteiger partial charge < -0.3 is 9.42 Å². The number of aromatic nitrogens is 2. The van der Waals surface area contributed by atoms with Crippen LogP contribution in [-0.4, -0.2) is 34.7 Å². The molecule has 0 unspecified atom stereocenters. The Hall–Kier alpha value is -1.39. The highest BCUT2D eigenvalue weighted by Crippen LogP contribution is 2.30. The van der Waals surface area contributed by atoms with Crippen LogP contribution < -0.4 is 0 Å². The van der Waals surface area contributed by atoms with Crippen LogP contribution in [-0.2, 0) is 6.42 Å². The molecule has 1 aliphatic heterocycles. The Bertz CT molecular complexity index is 613. The van der Waals surface area contributed by atoms with Crippen molar-refractivity contribution < 1.29 is 4.52 Å². The minimum Gasteiger partial charge on any atom is -0.339 e. The Balaban J connectivity index is 1.71. The molecule has 1 aromatic heterocycles. The van der Waals surface area contributed by atoms with Crippen LogP contribution in [0.4, 0.5) is 0 Å². The molecule has 2 heterocycles. The molecule has 1 aromatic carbocycles. The summed E-state index contributed by atoms with van der Waals surface area (Å²) in [4.78, 5) is 6.95.